The summed E-state index contributed by atoms with van der Waals surface area (Å²) >= 11 is 0. The predicted octanol–water partition coefficient (Wildman–Crippen LogP) is 0.681. The van der Waals surface area contributed by atoms with Gasteiger partial charge in [0.1, 0.15) is 0 Å². The number of nitrogens with two attached hydrogens (primary N) is 1. The minimum Gasteiger partial charge on any atom is -0.348 e. The lowest BCUT2D eigenvalue weighted by molar-refractivity contribution is 0.0932. The minimum absolute atomic E-state index is 0.145. The van der Waals surface area contributed by atoms with Crippen molar-refractivity contribution >= 4 is 11.7 Å². The van der Waals surface area contributed by atoms with Crippen LogP contribution in [0.1, 0.15) is 37.2 Å². The summed E-state index contributed by atoms with van der Waals surface area (Å²) in [6, 6.07) is 3.33. The van der Waals surface area contributed by atoms with Gasteiger partial charge in [-0.3, -0.25) is 4.79 Å². The van der Waals surface area contributed by atoms with E-state index in [1.54, 1.807) is 12.1 Å². The fraction of sp³-hybridized carbons (Fsp3) is 0.500. The number of aromatic nitrogens is 2. The number of hydrazine groups is 1. The molecule has 1 rings (SSSR count). The van der Waals surface area contributed by atoms with Crippen molar-refractivity contribution in [3.05, 3.63) is 17.8 Å². The summed E-state index contributed by atoms with van der Waals surface area (Å²) in [5.41, 5.74) is 2.64. The van der Waals surface area contributed by atoms with E-state index in [9.17, 15) is 4.79 Å². The molecule has 0 aliphatic rings. The molecule has 16 heavy (non-hydrogen) atoms. The van der Waals surface area contributed by atoms with Crippen molar-refractivity contribution in [2.24, 2.45) is 5.84 Å². The number of carbonyl (C=O) groups is 1. The van der Waals surface area contributed by atoms with E-state index in [1.807, 2.05) is 6.92 Å². The molecule has 0 aliphatic carbocycles. The van der Waals surface area contributed by atoms with Crippen molar-refractivity contribution in [1.29, 1.82) is 0 Å². The maximum atomic E-state index is 11.7. The number of nitrogens with one attached hydrogen (secondary N) is 2. The second-order valence-electron chi connectivity index (χ2n) is 3.61. The van der Waals surface area contributed by atoms with Crippen molar-refractivity contribution in [1.82, 2.24) is 15.5 Å². The molecule has 1 aromatic heterocycles. The average Bonchev–Trinajstić information content (AvgIpc) is 2.29. The Morgan fingerprint density at radius 1 is 1.50 bits per heavy atom. The topological polar surface area (TPSA) is 92.9 Å². The van der Waals surface area contributed by atoms with Crippen molar-refractivity contribution < 1.29 is 4.79 Å². The van der Waals surface area contributed by atoms with Gasteiger partial charge >= 0.3 is 0 Å². The van der Waals surface area contributed by atoms with Crippen molar-refractivity contribution in [3.8, 4) is 0 Å². The summed E-state index contributed by atoms with van der Waals surface area (Å²) < 4.78 is 0. The molecule has 0 radical (unpaired) electrons. The third-order valence-electron chi connectivity index (χ3n) is 2.14. The summed E-state index contributed by atoms with van der Waals surface area (Å²) in [4.78, 5) is 11.7. The number of anilines is 1. The van der Waals surface area contributed by atoms with Gasteiger partial charge in [-0.25, -0.2) is 5.84 Å². The minimum atomic E-state index is -0.211. The van der Waals surface area contributed by atoms with Gasteiger partial charge in [-0.2, -0.15) is 0 Å². The van der Waals surface area contributed by atoms with Gasteiger partial charge in [-0.05, 0) is 25.5 Å². The number of rotatable bonds is 5. The Bertz CT molecular complexity index is 338. The molecule has 6 nitrogen and oxygen atoms in total. The lowest BCUT2D eigenvalue weighted by Gasteiger charge is -2.11. The quantitative estimate of drug-likeness (QED) is 0.504. The first-order valence-electron chi connectivity index (χ1n) is 5.28. The summed E-state index contributed by atoms with van der Waals surface area (Å²) in [6.07, 6.45) is 1.98. The Morgan fingerprint density at radius 3 is 2.75 bits per heavy atom. The monoisotopic (exact) mass is 223 g/mol. The van der Waals surface area contributed by atoms with Gasteiger partial charge in [0.25, 0.3) is 5.91 Å². The highest BCUT2D eigenvalue weighted by molar-refractivity contribution is 5.92. The summed E-state index contributed by atoms with van der Waals surface area (Å²) in [5.74, 6) is 5.36. The van der Waals surface area contributed by atoms with Crippen molar-refractivity contribution in [3.63, 3.8) is 0 Å². The van der Waals surface area contributed by atoms with E-state index in [0.29, 0.717) is 11.5 Å². The molecule has 1 amide bonds. The van der Waals surface area contributed by atoms with Crippen LogP contribution >= 0.6 is 0 Å². The Kier molecular flexibility index (Phi) is 4.65. The number of amides is 1. The number of nitrogens with zero attached hydrogens (tertiary/aromatic N) is 2. The van der Waals surface area contributed by atoms with E-state index in [0.717, 1.165) is 12.8 Å². The van der Waals surface area contributed by atoms with Gasteiger partial charge in [-0.1, -0.05) is 13.3 Å². The lowest BCUT2D eigenvalue weighted by atomic mass is 10.2. The summed E-state index contributed by atoms with van der Waals surface area (Å²) in [7, 11) is 0. The molecular weight excluding hydrogens is 206 g/mol. The second kappa shape index (κ2) is 6.02. The number of carbonyl (C=O) groups excluding carboxylic acids is 1. The van der Waals surface area contributed by atoms with Crippen molar-refractivity contribution in [2.75, 3.05) is 5.43 Å². The molecular formula is C10H17N5O. The molecule has 88 valence electrons. The highest BCUT2D eigenvalue weighted by atomic mass is 16.2. The van der Waals surface area contributed by atoms with Crippen LogP contribution in [0.25, 0.3) is 0 Å². The summed E-state index contributed by atoms with van der Waals surface area (Å²) in [6.45, 7) is 4.04. The van der Waals surface area contributed by atoms with E-state index in [1.165, 1.54) is 0 Å². The zero-order valence-corrected chi connectivity index (χ0v) is 9.53. The van der Waals surface area contributed by atoms with Crippen LogP contribution in [-0.4, -0.2) is 22.1 Å². The highest BCUT2D eigenvalue weighted by Gasteiger charge is 2.10. The standard InChI is InChI=1S/C10H17N5O/c1-3-4-7(2)12-10(16)8-5-6-9(13-11)15-14-8/h5-7H,3-4,11H2,1-2H3,(H,12,16)(H,13,15). The first-order valence-corrected chi connectivity index (χ1v) is 5.28. The molecule has 6 heteroatoms. The van der Waals surface area contributed by atoms with Gasteiger partial charge in [-0.15, -0.1) is 10.2 Å². The van der Waals surface area contributed by atoms with Gasteiger partial charge in [0.2, 0.25) is 0 Å². The molecule has 1 unspecified atom stereocenters. The lowest BCUT2D eigenvalue weighted by Crippen LogP contribution is -2.33. The first kappa shape index (κ1) is 12.4. The Balaban J connectivity index is 2.59. The molecule has 1 heterocycles. The average molecular weight is 223 g/mol. The van der Waals surface area contributed by atoms with E-state index in [4.69, 9.17) is 5.84 Å². The van der Waals surface area contributed by atoms with E-state index < -0.39 is 0 Å². The number of nitrogen functional groups attached to an aromatic ring is 1. The smallest absolute Gasteiger partial charge is 0.272 e. The highest BCUT2D eigenvalue weighted by Crippen LogP contribution is 2.01. The molecule has 4 N–H and O–H groups in total. The number of hydrogen-bond acceptors (Lipinski definition) is 5. The van der Waals surface area contributed by atoms with Crippen LogP contribution in [0.15, 0.2) is 12.1 Å². The van der Waals surface area contributed by atoms with Crippen LogP contribution in [0.4, 0.5) is 5.82 Å². The van der Waals surface area contributed by atoms with Gasteiger partial charge in [0.15, 0.2) is 11.5 Å². The Labute approximate surface area is 94.6 Å². The summed E-state index contributed by atoms with van der Waals surface area (Å²) in [5, 5.41) is 10.3. The molecule has 0 aliphatic heterocycles. The van der Waals surface area contributed by atoms with Crippen LogP contribution in [0.3, 0.4) is 0 Å². The Hall–Kier alpha value is -1.69. The van der Waals surface area contributed by atoms with Crippen LogP contribution < -0.4 is 16.6 Å². The third kappa shape index (κ3) is 3.47. The SMILES string of the molecule is CCCC(C)NC(=O)c1ccc(NN)nn1. The molecule has 1 aromatic rings. The molecule has 0 spiro atoms. The molecule has 0 saturated heterocycles. The number of hydrogen-bond donors (Lipinski definition) is 3. The van der Waals surface area contributed by atoms with Crippen molar-refractivity contribution in [2.45, 2.75) is 32.7 Å². The van der Waals surface area contributed by atoms with Crippen LogP contribution in [0.5, 0.6) is 0 Å². The van der Waals surface area contributed by atoms with E-state index in [-0.39, 0.29) is 11.9 Å². The maximum absolute atomic E-state index is 11.7. The zero-order valence-electron chi connectivity index (χ0n) is 9.53. The third-order valence-corrected chi connectivity index (χ3v) is 2.14. The normalized spacial score (nSPS) is 11.9. The maximum Gasteiger partial charge on any atom is 0.272 e. The second-order valence-corrected chi connectivity index (χ2v) is 3.61. The molecule has 0 aromatic carbocycles. The Morgan fingerprint density at radius 2 is 2.25 bits per heavy atom. The molecule has 0 bridgehead atoms. The van der Waals surface area contributed by atoms with E-state index in [2.05, 4.69) is 27.9 Å². The van der Waals surface area contributed by atoms with Crippen LogP contribution in [0, 0.1) is 0 Å². The predicted molar refractivity (Wildman–Crippen MR) is 61.7 cm³/mol. The fourth-order valence-electron chi connectivity index (χ4n) is 1.33. The first-order chi connectivity index (χ1) is 7.67. The van der Waals surface area contributed by atoms with Gasteiger partial charge < -0.3 is 10.7 Å². The molecule has 0 fully saturated rings. The zero-order chi connectivity index (χ0) is 12.0. The van der Waals surface area contributed by atoms with Crippen LogP contribution in [0.2, 0.25) is 0 Å². The van der Waals surface area contributed by atoms with Gasteiger partial charge in [0.05, 0.1) is 0 Å². The van der Waals surface area contributed by atoms with Gasteiger partial charge in [0, 0.05) is 6.04 Å². The fourth-order valence-corrected chi connectivity index (χ4v) is 1.33. The van der Waals surface area contributed by atoms with E-state index >= 15 is 0 Å². The largest absolute Gasteiger partial charge is 0.348 e. The molecule has 0 saturated carbocycles. The van der Waals surface area contributed by atoms with Crippen LogP contribution in [-0.2, 0) is 0 Å². The molecule has 1 atom stereocenters.